The number of carbonyl (C=O) groups excluding carboxylic acids is 1. The maximum atomic E-state index is 14.6. The highest BCUT2D eigenvalue weighted by molar-refractivity contribution is 6.31. The van der Waals surface area contributed by atoms with Crippen molar-refractivity contribution in [2.45, 2.75) is 90.6 Å². The summed E-state index contributed by atoms with van der Waals surface area (Å²) in [4.78, 5) is 35.2. The molecule has 5 rings (SSSR count). The van der Waals surface area contributed by atoms with Crippen LogP contribution in [0.25, 0.3) is 0 Å². The Morgan fingerprint density at radius 2 is 1.78 bits per heavy atom. The third kappa shape index (κ3) is 5.33. The minimum atomic E-state index is -4.88. The number of fused-ring (bicyclic) bond motifs is 1. The van der Waals surface area contributed by atoms with Gasteiger partial charge in [0, 0.05) is 12.2 Å². The highest BCUT2D eigenvalue weighted by atomic mass is 35.5. The van der Waals surface area contributed by atoms with E-state index < -0.39 is 46.9 Å². The normalized spacial score (nSPS) is 29.6. The number of rotatable bonds is 7. The van der Waals surface area contributed by atoms with Crippen molar-refractivity contribution >= 4 is 23.5 Å². The molecule has 41 heavy (non-hydrogen) atoms. The summed E-state index contributed by atoms with van der Waals surface area (Å²) in [5.41, 5.74) is -2.52. The lowest BCUT2D eigenvalue weighted by atomic mass is 9.74. The van der Waals surface area contributed by atoms with E-state index in [0.717, 1.165) is 10.9 Å². The summed E-state index contributed by atoms with van der Waals surface area (Å²) < 4.78 is 44.5. The molecule has 0 bridgehead atoms. The zero-order chi connectivity index (χ0) is 30.1. The van der Waals surface area contributed by atoms with E-state index in [-0.39, 0.29) is 54.4 Å². The fraction of sp³-hybridized carbons (Fsp3) is 0.679. The lowest BCUT2D eigenvalue weighted by molar-refractivity contribution is -0.152. The van der Waals surface area contributed by atoms with E-state index in [2.05, 4.69) is 28.9 Å². The molecule has 2 aromatic rings. The quantitative estimate of drug-likeness (QED) is 0.434. The lowest BCUT2D eigenvalue weighted by Crippen LogP contribution is -2.43. The molecular weight excluding hydrogens is 563 g/mol. The molecular formula is C28H35ClF3N5O4. The molecule has 3 aliphatic rings. The van der Waals surface area contributed by atoms with Crippen LogP contribution in [-0.4, -0.2) is 59.3 Å². The molecule has 4 atom stereocenters. The maximum Gasteiger partial charge on any atom is 0.433 e. The van der Waals surface area contributed by atoms with Crippen LogP contribution in [0.15, 0.2) is 12.4 Å². The molecule has 0 aromatic carbocycles. The SMILES string of the molecule is Cc1ncc(Cl)c(C(O)CN(C(=O)c2cnn(C3CCC(C)(C(=O)O)CC3)c2C(F)(F)F)[C@H]2C[C@@H]3[C@H](C2)C3(C)C)n1. The Balaban J connectivity index is 1.47. The summed E-state index contributed by atoms with van der Waals surface area (Å²) in [6, 6.07) is -1.06. The first-order chi connectivity index (χ1) is 19.0. The van der Waals surface area contributed by atoms with Crippen LogP contribution in [0.3, 0.4) is 0 Å². The number of alkyl halides is 3. The summed E-state index contributed by atoms with van der Waals surface area (Å²) in [5.74, 6) is -0.785. The number of carboxylic acids is 1. The molecule has 0 spiro atoms. The van der Waals surface area contributed by atoms with E-state index in [1.165, 1.54) is 11.1 Å². The van der Waals surface area contributed by atoms with Crippen molar-refractivity contribution in [1.29, 1.82) is 0 Å². The van der Waals surface area contributed by atoms with Crippen molar-refractivity contribution in [3.63, 3.8) is 0 Å². The maximum absolute atomic E-state index is 14.6. The Morgan fingerprint density at radius 1 is 1.17 bits per heavy atom. The van der Waals surface area contributed by atoms with Crippen molar-refractivity contribution < 1.29 is 33.0 Å². The molecule has 3 aliphatic carbocycles. The minimum Gasteiger partial charge on any atom is -0.481 e. The fourth-order valence-electron chi connectivity index (χ4n) is 7.04. The third-order valence-corrected chi connectivity index (χ3v) is 10.1. The molecule has 0 aliphatic heterocycles. The highest BCUT2D eigenvalue weighted by Gasteiger charge is 2.63. The smallest absolute Gasteiger partial charge is 0.433 e. The number of carboxylic acid groups (broad SMARTS) is 1. The van der Waals surface area contributed by atoms with Gasteiger partial charge < -0.3 is 15.1 Å². The van der Waals surface area contributed by atoms with Gasteiger partial charge in [-0.2, -0.15) is 18.3 Å². The van der Waals surface area contributed by atoms with E-state index in [1.54, 1.807) is 13.8 Å². The van der Waals surface area contributed by atoms with Crippen LogP contribution >= 0.6 is 11.6 Å². The fourth-order valence-corrected chi connectivity index (χ4v) is 7.26. The topological polar surface area (TPSA) is 121 Å². The van der Waals surface area contributed by atoms with Gasteiger partial charge in [-0.3, -0.25) is 14.3 Å². The van der Waals surface area contributed by atoms with E-state index in [4.69, 9.17) is 11.6 Å². The van der Waals surface area contributed by atoms with Crippen LogP contribution in [0.1, 0.15) is 99.0 Å². The van der Waals surface area contributed by atoms with Gasteiger partial charge in [-0.05, 0) is 69.6 Å². The van der Waals surface area contributed by atoms with Crippen LogP contribution in [0, 0.1) is 29.6 Å². The Hall–Kier alpha value is -2.73. The molecule has 224 valence electrons. The lowest BCUT2D eigenvalue weighted by Gasteiger charge is -2.35. The number of nitrogens with zero attached hydrogens (tertiary/aromatic N) is 5. The second-order valence-electron chi connectivity index (χ2n) is 12.7. The minimum absolute atomic E-state index is 0.0976. The van der Waals surface area contributed by atoms with Crippen LogP contribution < -0.4 is 0 Å². The molecule has 2 aromatic heterocycles. The van der Waals surface area contributed by atoms with E-state index >= 15 is 0 Å². The monoisotopic (exact) mass is 597 g/mol. The molecule has 2 heterocycles. The van der Waals surface area contributed by atoms with E-state index in [9.17, 15) is 33.0 Å². The van der Waals surface area contributed by atoms with Crippen LogP contribution in [-0.2, 0) is 11.0 Å². The number of halogens is 4. The van der Waals surface area contributed by atoms with E-state index in [1.807, 2.05) is 0 Å². The summed E-state index contributed by atoms with van der Waals surface area (Å²) in [6.07, 6.45) is -1.90. The van der Waals surface area contributed by atoms with Gasteiger partial charge in [0.05, 0.1) is 40.5 Å². The van der Waals surface area contributed by atoms with Crippen LogP contribution in [0.2, 0.25) is 5.02 Å². The van der Waals surface area contributed by atoms with Crippen molar-refractivity contribution in [2.24, 2.45) is 22.7 Å². The van der Waals surface area contributed by atoms with Gasteiger partial charge in [0.15, 0.2) is 5.69 Å². The van der Waals surface area contributed by atoms with Crippen molar-refractivity contribution in [1.82, 2.24) is 24.6 Å². The number of amides is 1. The first-order valence-electron chi connectivity index (χ1n) is 13.9. The molecule has 3 saturated carbocycles. The predicted molar refractivity (Wildman–Crippen MR) is 142 cm³/mol. The Labute approximate surface area is 241 Å². The molecule has 0 saturated heterocycles. The second-order valence-corrected chi connectivity index (χ2v) is 13.1. The zero-order valence-electron chi connectivity index (χ0n) is 23.5. The van der Waals surface area contributed by atoms with E-state index in [0.29, 0.717) is 30.5 Å². The molecule has 1 amide bonds. The number of aryl methyl sites for hydroxylation is 1. The first kappa shape index (κ1) is 29.8. The van der Waals surface area contributed by atoms with Gasteiger partial charge in [-0.25, -0.2) is 9.97 Å². The molecule has 1 unspecified atom stereocenters. The van der Waals surface area contributed by atoms with Crippen molar-refractivity contribution in [2.75, 3.05) is 6.54 Å². The molecule has 3 fully saturated rings. The standard InChI is InChI=1S/C28H35ClF3N5O4/c1-14-33-12-20(29)22(35-14)21(38)13-36(16-9-18-19(10-16)26(18,2)3)24(39)17-11-34-37(23(17)28(30,31)32)15-5-7-27(4,8-6-15)25(40)41/h11-12,15-16,18-19,21,38H,5-10,13H2,1-4H3,(H,40,41)/t15?,16-,18+,19-,21?,27?. The van der Waals surface area contributed by atoms with Gasteiger partial charge in [0.1, 0.15) is 11.9 Å². The molecule has 0 radical (unpaired) electrons. The first-order valence-corrected chi connectivity index (χ1v) is 14.3. The third-order valence-electron chi connectivity index (χ3n) is 9.83. The average molecular weight is 598 g/mol. The number of aliphatic hydroxyl groups is 1. The summed E-state index contributed by atoms with van der Waals surface area (Å²) in [7, 11) is 0. The summed E-state index contributed by atoms with van der Waals surface area (Å²) in [5, 5.41) is 24.8. The zero-order valence-corrected chi connectivity index (χ0v) is 24.2. The van der Waals surface area contributed by atoms with Gasteiger partial charge in [-0.15, -0.1) is 0 Å². The Bertz CT molecular complexity index is 1340. The highest BCUT2D eigenvalue weighted by Crippen LogP contribution is 2.67. The summed E-state index contributed by atoms with van der Waals surface area (Å²) >= 11 is 6.23. The van der Waals surface area contributed by atoms with Gasteiger partial charge in [0.25, 0.3) is 5.91 Å². The predicted octanol–water partition coefficient (Wildman–Crippen LogP) is 5.47. The van der Waals surface area contributed by atoms with Gasteiger partial charge in [-0.1, -0.05) is 25.4 Å². The Kier molecular flexibility index (Phi) is 7.41. The van der Waals surface area contributed by atoms with Crippen LogP contribution in [0.4, 0.5) is 13.2 Å². The number of aliphatic carboxylic acids is 1. The molecule has 13 heteroatoms. The second kappa shape index (κ2) is 10.2. The van der Waals surface area contributed by atoms with Crippen molar-refractivity contribution in [3.8, 4) is 0 Å². The summed E-state index contributed by atoms with van der Waals surface area (Å²) in [6.45, 7) is 7.22. The molecule has 2 N–H and O–H groups in total. The van der Waals surface area contributed by atoms with Crippen LogP contribution in [0.5, 0.6) is 0 Å². The number of aliphatic hydroxyl groups excluding tert-OH is 1. The Morgan fingerprint density at radius 3 is 2.34 bits per heavy atom. The van der Waals surface area contributed by atoms with Gasteiger partial charge >= 0.3 is 12.1 Å². The number of aromatic nitrogens is 4. The number of hydrogen-bond acceptors (Lipinski definition) is 6. The van der Waals surface area contributed by atoms with Gasteiger partial charge in [0.2, 0.25) is 0 Å². The number of hydrogen-bond donors (Lipinski definition) is 2. The number of carbonyl (C=O) groups is 2. The molecule has 9 nitrogen and oxygen atoms in total. The average Bonchev–Trinajstić information content (AvgIpc) is 3.32. The largest absolute Gasteiger partial charge is 0.481 e. The van der Waals surface area contributed by atoms with Crippen molar-refractivity contribution in [3.05, 3.63) is 40.2 Å².